The Kier molecular flexibility index (Phi) is 4.06. The van der Waals surface area contributed by atoms with E-state index in [2.05, 4.69) is 9.72 Å². The number of pyridine rings is 1. The average Bonchev–Trinajstić information content (AvgIpc) is 2.26. The third kappa shape index (κ3) is 2.85. The van der Waals surface area contributed by atoms with Crippen molar-refractivity contribution in [2.24, 2.45) is 0 Å². The molecule has 0 aliphatic heterocycles. The van der Waals surface area contributed by atoms with Gasteiger partial charge in [0.15, 0.2) is 0 Å². The molecule has 0 N–H and O–H groups in total. The minimum Gasteiger partial charge on any atom is -0.481 e. The van der Waals surface area contributed by atoms with Gasteiger partial charge in [-0.25, -0.2) is 13.8 Å². The van der Waals surface area contributed by atoms with Crippen molar-refractivity contribution in [3.8, 4) is 11.9 Å². The van der Waals surface area contributed by atoms with Gasteiger partial charge in [-0.15, -0.1) is 0 Å². The Morgan fingerprint density at radius 2 is 2.06 bits per heavy atom. The molecular formula is C10H7F5N2O. The first kappa shape index (κ1) is 14.2. The van der Waals surface area contributed by atoms with Crippen LogP contribution < -0.4 is 4.74 Å². The summed E-state index contributed by atoms with van der Waals surface area (Å²) in [6.45, 7) is 0. The normalized spacial score (nSPS) is 11.4. The molecule has 1 rings (SSSR count). The van der Waals surface area contributed by atoms with Crippen LogP contribution in [0.1, 0.15) is 23.2 Å². The molecule has 0 fully saturated rings. The summed E-state index contributed by atoms with van der Waals surface area (Å²) in [5.74, 6) is -0.386. The number of nitriles is 1. The molecule has 0 radical (unpaired) electrons. The molecule has 8 heteroatoms. The summed E-state index contributed by atoms with van der Waals surface area (Å²) in [4.78, 5) is 3.10. The Morgan fingerprint density at radius 1 is 1.44 bits per heavy atom. The van der Waals surface area contributed by atoms with Crippen molar-refractivity contribution >= 4 is 0 Å². The number of nitrogens with zero attached hydrogens (tertiary/aromatic N) is 2. The van der Waals surface area contributed by atoms with Gasteiger partial charge in [0, 0.05) is 6.07 Å². The predicted octanol–water partition coefficient (Wildman–Crippen LogP) is 3.11. The second-order valence-corrected chi connectivity index (χ2v) is 3.22. The molecule has 18 heavy (non-hydrogen) atoms. The van der Waals surface area contributed by atoms with Gasteiger partial charge in [-0.3, -0.25) is 0 Å². The van der Waals surface area contributed by atoms with E-state index < -0.39 is 35.8 Å². The number of halogens is 5. The molecule has 0 unspecified atom stereocenters. The number of alkyl halides is 5. The highest BCUT2D eigenvalue weighted by Gasteiger charge is 2.39. The first-order valence-corrected chi connectivity index (χ1v) is 4.61. The van der Waals surface area contributed by atoms with Crippen molar-refractivity contribution in [1.82, 2.24) is 4.98 Å². The Morgan fingerprint density at radius 3 is 2.44 bits per heavy atom. The number of methoxy groups -OCH3 is 1. The van der Waals surface area contributed by atoms with Gasteiger partial charge in [-0.05, 0) is 5.56 Å². The minimum atomic E-state index is -5.00. The lowest BCUT2D eigenvalue weighted by molar-refractivity contribution is -0.140. The molecule has 1 aromatic rings. The summed E-state index contributed by atoms with van der Waals surface area (Å²) in [6.07, 6.45) is -9.07. The van der Waals surface area contributed by atoms with Crippen LogP contribution in [-0.2, 0) is 12.6 Å². The lowest BCUT2D eigenvalue weighted by Crippen LogP contribution is -2.15. The molecule has 0 aromatic carbocycles. The van der Waals surface area contributed by atoms with Gasteiger partial charge in [-0.2, -0.15) is 18.4 Å². The maximum absolute atomic E-state index is 12.7. The first-order chi connectivity index (χ1) is 8.31. The predicted molar refractivity (Wildman–Crippen MR) is 50.1 cm³/mol. The highest BCUT2D eigenvalue weighted by Crippen LogP contribution is 2.39. The standard InChI is InChI=1S/C10H7F5N2O/c1-18-6-4-5(2-3-16)7(10(13,14)15)8(17-6)9(11)12/h4,9H,2H2,1H3. The minimum absolute atomic E-state index is 0.386. The van der Waals surface area contributed by atoms with Crippen molar-refractivity contribution in [2.45, 2.75) is 19.0 Å². The number of hydrogen-bond acceptors (Lipinski definition) is 3. The molecule has 0 bridgehead atoms. The molecule has 0 atom stereocenters. The Balaban J connectivity index is 3.56. The third-order valence-electron chi connectivity index (χ3n) is 2.07. The highest BCUT2D eigenvalue weighted by atomic mass is 19.4. The molecule has 0 aliphatic carbocycles. The zero-order valence-electron chi connectivity index (χ0n) is 9.05. The second kappa shape index (κ2) is 5.16. The van der Waals surface area contributed by atoms with E-state index in [1.165, 1.54) is 6.07 Å². The van der Waals surface area contributed by atoms with Gasteiger partial charge < -0.3 is 4.74 Å². The van der Waals surface area contributed by atoms with Crippen LogP contribution in [0, 0.1) is 11.3 Å². The third-order valence-corrected chi connectivity index (χ3v) is 2.07. The molecule has 0 spiro atoms. The van der Waals surface area contributed by atoms with Crippen molar-refractivity contribution < 1.29 is 26.7 Å². The van der Waals surface area contributed by atoms with E-state index in [1.54, 1.807) is 0 Å². The maximum atomic E-state index is 12.7. The fourth-order valence-corrected chi connectivity index (χ4v) is 1.41. The summed E-state index contributed by atoms with van der Waals surface area (Å²) in [6, 6.07) is 2.32. The van der Waals surface area contributed by atoms with Crippen molar-refractivity contribution in [3.63, 3.8) is 0 Å². The molecule has 1 heterocycles. The van der Waals surface area contributed by atoms with E-state index in [9.17, 15) is 22.0 Å². The molecular weight excluding hydrogens is 259 g/mol. The molecule has 0 saturated carbocycles. The van der Waals surface area contributed by atoms with Gasteiger partial charge in [0.25, 0.3) is 6.43 Å². The summed E-state index contributed by atoms with van der Waals surface area (Å²) >= 11 is 0. The molecule has 1 aromatic heterocycles. The van der Waals surface area contributed by atoms with E-state index in [0.29, 0.717) is 0 Å². The zero-order chi connectivity index (χ0) is 13.9. The quantitative estimate of drug-likeness (QED) is 0.789. The van der Waals surface area contributed by atoms with E-state index in [1.807, 2.05) is 0 Å². The lowest BCUT2D eigenvalue weighted by Gasteiger charge is -2.16. The number of ether oxygens (including phenoxy) is 1. The van der Waals surface area contributed by atoms with E-state index in [-0.39, 0.29) is 5.88 Å². The summed E-state index contributed by atoms with van der Waals surface area (Å²) in [5.41, 5.74) is -3.57. The molecule has 0 saturated heterocycles. The van der Waals surface area contributed by atoms with Gasteiger partial charge in [0.1, 0.15) is 5.69 Å². The largest absolute Gasteiger partial charge is 0.481 e. The number of aromatic nitrogens is 1. The summed E-state index contributed by atoms with van der Waals surface area (Å²) < 4.78 is 67.8. The molecule has 98 valence electrons. The van der Waals surface area contributed by atoms with Crippen molar-refractivity contribution in [2.75, 3.05) is 7.11 Å². The molecule has 3 nitrogen and oxygen atoms in total. The van der Waals surface area contributed by atoms with Crippen LogP contribution in [0.3, 0.4) is 0 Å². The maximum Gasteiger partial charge on any atom is 0.418 e. The van der Waals surface area contributed by atoms with Crippen LogP contribution in [0.2, 0.25) is 0 Å². The summed E-state index contributed by atoms with van der Waals surface area (Å²) in [5, 5.41) is 8.44. The number of hydrogen-bond donors (Lipinski definition) is 0. The van der Waals surface area contributed by atoms with Crippen LogP contribution in [0.25, 0.3) is 0 Å². The topological polar surface area (TPSA) is 45.9 Å². The molecule has 0 aliphatic rings. The van der Waals surface area contributed by atoms with E-state index in [4.69, 9.17) is 5.26 Å². The monoisotopic (exact) mass is 266 g/mol. The Bertz CT molecular complexity index is 478. The smallest absolute Gasteiger partial charge is 0.418 e. The average molecular weight is 266 g/mol. The lowest BCUT2D eigenvalue weighted by atomic mass is 10.0. The number of rotatable bonds is 3. The van der Waals surface area contributed by atoms with Crippen LogP contribution in [0.4, 0.5) is 22.0 Å². The SMILES string of the molecule is COc1cc(CC#N)c(C(F)(F)F)c(C(F)F)n1. The van der Waals surface area contributed by atoms with Crippen LogP contribution in [-0.4, -0.2) is 12.1 Å². The Labute approximate surface area is 98.8 Å². The van der Waals surface area contributed by atoms with Gasteiger partial charge in [0.2, 0.25) is 5.88 Å². The Hall–Kier alpha value is -1.91. The van der Waals surface area contributed by atoms with Gasteiger partial charge >= 0.3 is 6.18 Å². The highest BCUT2D eigenvalue weighted by molar-refractivity contribution is 5.39. The summed E-state index contributed by atoms with van der Waals surface area (Å²) in [7, 11) is 1.08. The van der Waals surface area contributed by atoms with Crippen LogP contribution in [0.15, 0.2) is 6.07 Å². The van der Waals surface area contributed by atoms with Gasteiger partial charge in [0.05, 0.1) is 25.2 Å². The van der Waals surface area contributed by atoms with Crippen molar-refractivity contribution in [1.29, 1.82) is 5.26 Å². The second-order valence-electron chi connectivity index (χ2n) is 3.22. The van der Waals surface area contributed by atoms with E-state index >= 15 is 0 Å². The fraction of sp³-hybridized carbons (Fsp3) is 0.400. The van der Waals surface area contributed by atoms with Gasteiger partial charge in [-0.1, -0.05) is 0 Å². The fourth-order valence-electron chi connectivity index (χ4n) is 1.41. The molecule has 0 amide bonds. The first-order valence-electron chi connectivity index (χ1n) is 4.61. The zero-order valence-corrected chi connectivity index (χ0v) is 9.05. The van der Waals surface area contributed by atoms with E-state index in [0.717, 1.165) is 13.2 Å². The van der Waals surface area contributed by atoms with Crippen molar-refractivity contribution in [3.05, 3.63) is 22.9 Å². The van der Waals surface area contributed by atoms with Crippen LogP contribution >= 0.6 is 0 Å². The van der Waals surface area contributed by atoms with Crippen LogP contribution in [0.5, 0.6) is 5.88 Å².